The zero-order valence-electron chi connectivity index (χ0n) is 18.2. The molecule has 0 saturated heterocycles. The number of ketones is 1. The van der Waals surface area contributed by atoms with Crippen molar-refractivity contribution in [2.75, 3.05) is 0 Å². The minimum atomic E-state index is 0.0607. The molecule has 0 N–H and O–H groups in total. The molecule has 0 radical (unpaired) electrons. The average molecular weight is 399 g/mol. The second-order valence-electron chi connectivity index (χ2n) is 11.1. The largest absolute Gasteiger partial charge is 0.462 e. The topological polar surface area (TPSA) is 43.4 Å². The van der Waals surface area contributed by atoms with Gasteiger partial charge in [0.05, 0.1) is 0 Å². The molecule has 4 fully saturated rings. The number of carbonyl (C=O) groups excluding carboxylic acids is 2. The third-order valence-corrected chi connectivity index (χ3v) is 9.72. The first-order chi connectivity index (χ1) is 14.0. The van der Waals surface area contributed by atoms with Crippen molar-refractivity contribution in [3.05, 3.63) is 11.6 Å². The number of ether oxygens (including phenoxy) is 1. The highest BCUT2D eigenvalue weighted by Crippen LogP contribution is 2.62. The standard InChI is InChI=1S/C26H38O3/c1-26-15-14-21-20-10-8-19(27)16-18(20)7-9-22(21)23(26)11-12-24(26)29-25(28)13-6-17-4-2-3-5-17/h16-17,20-24H,2-15H2,1H3/t20-,21-,22-,23+,24+,26+/m1/s1. The maximum absolute atomic E-state index is 12.6. The van der Waals surface area contributed by atoms with E-state index in [1.165, 1.54) is 56.9 Å². The quantitative estimate of drug-likeness (QED) is 0.545. The fourth-order valence-electron chi connectivity index (χ4n) is 8.16. The Balaban J connectivity index is 1.22. The first kappa shape index (κ1) is 19.8. The molecule has 0 aliphatic heterocycles. The third-order valence-electron chi connectivity index (χ3n) is 9.72. The minimum absolute atomic E-state index is 0.0607. The van der Waals surface area contributed by atoms with E-state index in [0.717, 1.165) is 49.9 Å². The van der Waals surface area contributed by atoms with Crippen LogP contribution in [0.3, 0.4) is 0 Å². The summed E-state index contributed by atoms with van der Waals surface area (Å²) in [6.45, 7) is 2.42. The SMILES string of the molecule is C[C@]12CC[C@H]3[C@@H](CCC4=CC(=O)CC[C@H]43)[C@@H]1CC[C@@H]2OC(=O)CCC1CCCC1. The van der Waals surface area contributed by atoms with Crippen LogP contribution in [0.5, 0.6) is 0 Å². The summed E-state index contributed by atoms with van der Waals surface area (Å²) in [7, 11) is 0. The Morgan fingerprint density at radius 1 is 1.03 bits per heavy atom. The van der Waals surface area contributed by atoms with Crippen LogP contribution in [0.25, 0.3) is 0 Å². The van der Waals surface area contributed by atoms with Crippen LogP contribution in [0.4, 0.5) is 0 Å². The number of carbonyl (C=O) groups is 2. The Labute approximate surface area is 176 Å². The molecular formula is C26H38O3. The van der Waals surface area contributed by atoms with Crippen LogP contribution >= 0.6 is 0 Å². The highest BCUT2D eigenvalue weighted by Gasteiger charge is 2.57. The second-order valence-corrected chi connectivity index (χ2v) is 11.1. The van der Waals surface area contributed by atoms with Gasteiger partial charge in [-0.15, -0.1) is 0 Å². The van der Waals surface area contributed by atoms with Gasteiger partial charge in [0.1, 0.15) is 6.10 Å². The predicted octanol–water partition coefficient (Wildman–Crippen LogP) is 6.01. The van der Waals surface area contributed by atoms with Crippen molar-refractivity contribution in [1.82, 2.24) is 0 Å². The Bertz CT molecular complexity index is 688. The molecule has 5 aliphatic rings. The summed E-state index contributed by atoms with van der Waals surface area (Å²) >= 11 is 0. The maximum atomic E-state index is 12.6. The average Bonchev–Trinajstić information content (AvgIpc) is 3.34. The highest BCUT2D eigenvalue weighted by molar-refractivity contribution is 5.91. The third kappa shape index (κ3) is 3.61. The van der Waals surface area contributed by atoms with E-state index in [9.17, 15) is 9.59 Å². The van der Waals surface area contributed by atoms with Gasteiger partial charge in [0.2, 0.25) is 0 Å². The molecule has 4 saturated carbocycles. The molecule has 5 aliphatic carbocycles. The smallest absolute Gasteiger partial charge is 0.306 e. The van der Waals surface area contributed by atoms with Gasteiger partial charge in [0.15, 0.2) is 5.78 Å². The molecular weight excluding hydrogens is 360 g/mol. The molecule has 0 heterocycles. The molecule has 3 heteroatoms. The van der Waals surface area contributed by atoms with Crippen LogP contribution < -0.4 is 0 Å². The summed E-state index contributed by atoms with van der Waals surface area (Å²) in [4.78, 5) is 24.5. The lowest BCUT2D eigenvalue weighted by Gasteiger charge is -2.53. The highest BCUT2D eigenvalue weighted by atomic mass is 16.5. The van der Waals surface area contributed by atoms with Crippen molar-refractivity contribution in [1.29, 1.82) is 0 Å². The molecule has 29 heavy (non-hydrogen) atoms. The zero-order chi connectivity index (χ0) is 20.0. The van der Waals surface area contributed by atoms with Crippen LogP contribution in [-0.4, -0.2) is 17.9 Å². The lowest BCUT2D eigenvalue weighted by atomic mass is 9.52. The molecule has 0 bridgehead atoms. The zero-order valence-corrected chi connectivity index (χ0v) is 18.2. The summed E-state index contributed by atoms with van der Waals surface area (Å²) in [5, 5.41) is 0. The van der Waals surface area contributed by atoms with E-state index < -0.39 is 0 Å². The summed E-state index contributed by atoms with van der Waals surface area (Å²) in [6, 6.07) is 0. The summed E-state index contributed by atoms with van der Waals surface area (Å²) in [5.74, 6) is 4.06. The fraction of sp³-hybridized carbons (Fsp3) is 0.846. The summed E-state index contributed by atoms with van der Waals surface area (Å²) < 4.78 is 6.15. The molecule has 3 nitrogen and oxygen atoms in total. The van der Waals surface area contributed by atoms with Crippen molar-refractivity contribution >= 4 is 11.8 Å². The summed E-state index contributed by atoms with van der Waals surface area (Å²) in [6.07, 6.45) is 18.0. The second kappa shape index (κ2) is 7.85. The molecule has 0 amide bonds. The predicted molar refractivity (Wildman–Crippen MR) is 113 cm³/mol. The monoisotopic (exact) mass is 398 g/mol. The van der Waals surface area contributed by atoms with Gasteiger partial charge in [0, 0.05) is 18.3 Å². The van der Waals surface area contributed by atoms with Gasteiger partial charge >= 0.3 is 5.97 Å². The van der Waals surface area contributed by atoms with Gasteiger partial charge in [-0.05, 0) is 87.0 Å². The normalized spacial score (nSPS) is 42.0. The van der Waals surface area contributed by atoms with Gasteiger partial charge < -0.3 is 4.74 Å². The first-order valence-corrected chi connectivity index (χ1v) is 12.5. The number of fused-ring (bicyclic) bond motifs is 5. The van der Waals surface area contributed by atoms with Crippen LogP contribution in [0.2, 0.25) is 0 Å². The van der Waals surface area contributed by atoms with Gasteiger partial charge in [-0.2, -0.15) is 0 Å². The van der Waals surface area contributed by atoms with E-state index >= 15 is 0 Å². The first-order valence-electron chi connectivity index (χ1n) is 12.5. The van der Waals surface area contributed by atoms with E-state index in [4.69, 9.17) is 4.74 Å². The van der Waals surface area contributed by atoms with E-state index in [0.29, 0.717) is 24.0 Å². The van der Waals surface area contributed by atoms with Gasteiger partial charge in [-0.25, -0.2) is 0 Å². The number of hydrogen-bond donors (Lipinski definition) is 0. The van der Waals surface area contributed by atoms with Gasteiger partial charge in [-0.3, -0.25) is 9.59 Å². The van der Waals surface area contributed by atoms with Crippen molar-refractivity contribution in [2.45, 2.75) is 103 Å². The molecule has 6 atom stereocenters. The Morgan fingerprint density at radius 3 is 2.69 bits per heavy atom. The van der Waals surface area contributed by atoms with Crippen molar-refractivity contribution < 1.29 is 14.3 Å². The lowest BCUT2D eigenvalue weighted by molar-refractivity contribution is -0.159. The van der Waals surface area contributed by atoms with Crippen molar-refractivity contribution in [3.63, 3.8) is 0 Å². The van der Waals surface area contributed by atoms with E-state index in [2.05, 4.69) is 6.92 Å². The number of allylic oxidation sites excluding steroid dienone is 1. The number of esters is 1. The van der Waals surface area contributed by atoms with Crippen LogP contribution in [-0.2, 0) is 14.3 Å². The van der Waals surface area contributed by atoms with E-state index in [1.807, 2.05) is 6.08 Å². The van der Waals surface area contributed by atoms with Gasteiger partial charge in [-0.1, -0.05) is 38.2 Å². The van der Waals surface area contributed by atoms with E-state index in [1.54, 1.807) is 0 Å². The molecule has 5 rings (SSSR count). The summed E-state index contributed by atoms with van der Waals surface area (Å²) in [5.41, 5.74) is 1.63. The van der Waals surface area contributed by atoms with Crippen LogP contribution in [0.1, 0.15) is 96.8 Å². The Morgan fingerprint density at radius 2 is 1.86 bits per heavy atom. The van der Waals surface area contributed by atoms with E-state index in [-0.39, 0.29) is 17.5 Å². The molecule has 0 aromatic rings. The Hall–Kier alpha value is -1.12. The van der Waals surface area contributed by atoms with Crippen molar-refractivity contribution in [3.8, 4) is 0 Å². The fourth-order valence-corrected chi connectivity index (χ4v) is 8.16. The van der Waals surface area contributed by atoms with Crippen LogP contribution in [0, 0.1) is 35.0 Å². The van der Waals surface area contributed by atoms with Gasteiger partial charge in [0.25, 0.3) is 0 Å². The van der Waals surface area contributed by atoms with Crippen molar-refractivity contribution in [2.24, 2.45) is 35.0 Å². The molecule has 0 aromatic carbocycles. The minimum Gasteiger partial charge on any atom is -0.462 e. The Kier molecular flexibility index (Phi) is 5.37. The molecule has 0 aromatic heterocycles. The number of hydrogen-bond acceptors (Lipinski definition) is 3. The van der Waals surface area contributed by atoms with Crippen LogP contribution in [0.15, 0.2) is 11.6 Å². The molecule has 0 unspecified atom stereocenters. The molecule has 160 valence electrons. The lowest BCUT2D eigenvalue weighted by Crippen LogP contribution is -2.48. The maximum Gasteiger partial charge on any atom is 0.306 e. The molecule has 0 spiro atoms. The number of rotatable bonds is 4.